The van der Waals surface area contributed by atoms with E-state index in [4.69, 9.17) is 11.6 Å². The van der Waals surface area contributed by atoms with E-state index in [1.165, 1.54) is 4.90 Å². The standard InChI is InChI=1S/C17H20ClNO3/c18-13-6-4-12(5-7-13)14(20)11-19-15(21)10-17(16(19)22)8-2-1-3-9-17/h4-7,14,20H,1-3,8-11H2. The van der Waals surface area contributed by atoms with Crippen molar-refractivity contribution in [2.75, 3.05) is 6.54 Å². The molecule has 1 aromatic carbocycles. The van der Waals surface area contributed by atoms with Gasteiger partial charge in [-0.15, -0.1) is 0 Å². The number of β-amino-alcohol motifs (C(OH)–C–C–N with tert-alkyl or cyclic N) is 1. The van der Waals surface area contributed by atoms with Crippen LogP contribution in [0.3, 0.4) is 0 Å². The van der Waals surface area contributed by atoms with Gasteiger partial charge in [0.15, 0.2) is 0 Å². The number of aliphatic hydroxyl groups is 1. The van der Waals surface area contributed by atoms with Gasteiger partial charge in [0.25, 0.3) is 0 Å². The molecule has 2 fully saturated rings. The predicted molar refractivity (Wildman–Crippen MR) is 83.3 cm³/mol. The molecule has 0 aromatic heterocycles. The number of benzene rings is 1. The fourth-order valence-corrected chi connectivity index (χ4v) is 3.75. The minimum atomic E-state index is -0.871. The predicted octanol–water partition coefficient (Wildman–Crippen LogP) is 3.08. The maximum absolute atomic E-state index is 12.7. The first-order chi connectivity index (χ1) is 10.5. The van der Waals surface area contributed by atoms with Gasteiger partial charge in [0, 0.05) is 11.4 Å². The average Bonchev–Trinajstić information content (AvgIpc) is 2.73. The van der Waals surface area contributed by atoms with Gasteiger partial charge in [0.05, 0.1) is 18.1 Å². The smallest absolute Gasteiger partial charge is 0.236 e. The summed E-state index contributed by atoms with van der Waals surface area (Å²) in [4.78, 5) is 26.2. The van der Waals surface area contributed by atoms with E-state index in [0.29, 0.717) is 17.0 Å². The fourth-order valence-electron chi connectivity index (χ4n) is 3.63. The minimum Gasteiger partial charge on any atom is -0.387 e. The highest BCUT2D eigenvalue weighted by Gasteiger charge is 2.51. The molecule has 3 rings (SSSR count). The highest BCUT2D eigenvalue weighted by atomic mass is 35.5. The minimum absolute atomic E-state index is 0.0288. The first kappa shape index (κ1) is 15.5. The Kier molecular flexibility index (Phi) is 4.24. The summed E-state index contributed by atoms with van der Waals surface area (Å²) in [6, 6.07) is 6.82. The number of hydrogen-bond acceptors (Lipinski definition) is 3. The maximum atomic E-state index is 12.7. The van der Waals surface area contributed by atoms with Gasteiger partial charge in [-0.1, -0.05) is 43.0 Å². The Morgan fingerprint density at radius 1 is 1.14 bits per heavy atom. The third-order valence-electron chi connectivity index (χ3n) is 4.91. The Hall–Kier alpha value is -1.39. The average molecular weight is 322 g/mol. The highest BCUT2D eigenvalue weighted by Crippen LogP contribution is 2.45. The van der Waals surface area contributed by atoms with Crippen LogP contribution in [0, 0.1) is 5.41 Å². The SMILES string of the molecule is O=C1CC2(CCCCC2)C(=O)N1CC(O)c1ccc(Cl)cc1. The molecule has 1 saturated heterocycles. The van der Waals surface area contributed by atoms with Crippen LogP contribution in [0.1, 0.15) is 50.2 Å². The van der Waals surface area contributed by atoms with Crippen LogP contribution in [0.5, 0.6) is 0 Å². The molecule has 1 atom stereocenters. The van der Waals surface area contributed by atoms with Crippen molar-refractivity contribution in [3.8, 4) is 0 Å². The lowest BCUT2D eigenvalue weighted by atomic mass is 9.73. The molecule has 2 amide bonds. The molecule has 1 N–H and O–H groups in total. The zero-order chi connectivity index (χ0) is 15.7. The van der Waals surface area contributed by atoms with Crippen molar-refractivity contribution in [2.24, 2.45) is 5.41 Å². The number of carbonyl (C=O) groups is 2. The molecule has 1 spiro atoms. The van der Waals surface area contributed by atoms with Gasteiger partial charge >= 0.3 is 0 Å². The molecule has 1 aliphatic heterocycles. The quantitative estimate of drug-likeness (QED) is 0.870. The van der Waals surface area contributed by atoms with Gasteiger partial charge in [-0.2, -0.15) is 0 Å². The third-order valence-corrected chi connectivity index (χ3v) is 5.16. The van der Waals surface area contributed by atoms with Crippen LogP contribution in [0.2, 0.25) is 5.02 Å². The Labute approximate surface area is 135 Å². The second-order valence-electron chi connectivity index (χ2n) is 6.39. The van der Waals surface area contributed by atoms with Crippen molar-refractivity contribution in [3.63, 3.8) is 0 Å². The number of halogens is 1. The normalized spacial score (nSPS) is 22.4. The number of aliphatic hydroxyl groups excluding tert-OH is 1. The van der Waals surface area contributed by atoms with E-state index < -0.39 is 11.5 Å². The lowest BCUT2D eigenvalue weighted by Crippen LogP contribution is -2.39. The third kappa shape index (κ3) is 2.77. The van der Waals surface area contributed by atoms with E-state index in [9.17, 15) is 14.7 Å². The first-order valence-corrected chi connectivity index (χ1v) is 8.18. The fraction of sp³-hybridized carbons (Fsp3) is 0.529. The summed E-state index contributed by atoms with van der Waals surface area (Å²) < 4.78 is 0. The Morgan fingerprint density at radius 3 is 2.41 bits per heavy atom. The van der Waals surface area contributed by atoms with Crippen LogP contribution in [-0.2, 0) is 9.59 Å². The van der Waals surface area contributed by atoms with E-state index in [2.05, 4.69) is 0 Å². The summed E-state index contributed by atoms with van der Waals surface area (Å²) in [7, 11) is 0. The lowest BCUT2D eigenvalue weighted by molar-refractivity contribution is -0.143. The largest absolute Gasteiger partial charge is 0.387 e. The molecule has 118 valence electrons. The Morgan fingerprint density at radius 2 is 1.77 bits per heavy atom. The Balaban J connectivity index is 1.73. The van der Waals surface area contributed by atoms with Crippen LogP contribution in [0.4, 0.5) is 0 Å². The summed E-state index contributed by atoms with van der Waals surface area (Å²) in [5.41, 5.74) is 0.171. The van der Waals surface area contributed by atoms with E-state index >= 15 is 0 Å². The van der Waals surface area contributed by atoms with Gasteiger partial charge in [-0.25, -0.2) is 0 Å². The molecule has 2 aliphatic rings. The molecule has 22 heavy (non-hydrogen) atoms. The molecule has 4 nitrogen and oxygen atoms in total. The topological polar surface area (TPSA) is 57.6 Å². The molecule has 1 unspecified atom stereocenters. The molecule has 0 bridgehead atoms. The molecule has 1 aromatic rings. The molecule has 5 heteroatoms. The molecule has 1 aliphatic carbocycles. The van der Waals surface area contributed by atoms with E-state index in [1.54, 1.807) is 24.3 Å². The van der Waals surface area contributed by atoms with Crippen LogP contribution in [0.15, 0.2) is 24.3 Å². The number of rotatable bonds is 3. The number of nitrogens with zero attached hydrogens (tertiary/aromatic N) is 1. The zero-order valence-corrected chi connectivity index (χ0v) is 13.2. The van der Waals surface area contributed by atoms with Crippen molar-refractivity contribution < 1.29 is 14.7 Å². The van der Waals surface area contributed by atoms with Crippen LogP contribution in [0.25, 0.3) is 0 Å². The van der Waals surface area contributed by atoms with Crippen LogP contribution >= 0.6 is 11.6 Å². The highest BCUT2D eigenvalue weighted by molar-refractivity contribution is 6.30. The van der Waals surface area contributed by atoms with Crippen molar-refractivity contribution >= 4 is 23.4 Å². The zero-order valence-electron chi connectivity index (χ0n) is 12.4. The van der Waals surface area contributed by atoms with Gasteiger partial charge in [-0.05, 0) is 30.5 Å². The van der Waals surface area contributed by atoms with Gasteiger partial charge in [0.2, 0.25) is 11.8 Å². The van der Waals surface area contributed by atoms with Crippen LogP contribution in [-0.4, -0.2) is 28.4 Å². The first-order valence-electron chi connectivity index (χ1n) is 7.80. The summed E-state index contributed by atoms with van der Waals surface area (Å²) >= 11 is 5.83. The molecule has 1 heterocycles. The lowest BCUT2D eigenvalue weighted by Gasteiger charge is -2.30. The van der Waals surface area contributed by atoms with E-state index in [1.807, 2.05) is 0 Å². The van der Waals surface area contributed by atoms with E-state index in [-0.39, 0.29) is 18.4 Å². The summed E-state index contributed by atoms with van der Waals surface area (Å²) in [6.45, 7) is 0.0288. The molecular weight excluding hydrogens is 302 g/mol. The van der Waals surface area contributed by atoms with Crippen molar-refractivity contribution in [1.82, 2.24) is 4.90 Å². The second kappa shape index (κ2) is 6.01. The molecule has 1 saturated carbocycles. The molecular formula is C17H20ClNO3. The Bertz CT molecular complexity index is 578. The summed E-state index contributed by atoms with van der Waals surface area (Å²) in [6.07, 6.45) is 4.18. The van der Waals surface area contributed by atoms with Gasteiger partial charge in [-0.3, -0.25) is 14.5 Å². The molecule has 0 radical (unpaired) electrons. The number of amides is 2. The van der Waals surface area contributed by atoms with E-state index in [0.717, 1.165) is 32.1 Å². The summed E-state index contributed by atoms with van der Waals surface area (Å²) in [5, 5.41) is 10.9. The van der Waals surface area contributed by atoms with Crippen molar-refractivity contribution in [3.05, 3.63) is 34.9 Å². The number of carbonyl (C=O) groups excluding carboxylic acids is 2. The monoisotopic (exact) mass is 321 g/mol. The summed E-state index contributed by atoms with van der Waals surface area (Å²) in [5.74, 6) is -0.245. The van der Waals surface area contributed by atoms with Gasteiger partial charge < -0.3 is 5.11 Å². The van der Waals surface area contributed by atoms with Crippen molar-refractivity contribution in [2.45, 2.75) is 44.6 Å². The number of imide groups is 1. The van der Waals surface area contributed by atoms with Crippen molar-refractivity contribution in [1.29, 1.82) is 0 Å². The maximum Gasteiger partial charge on any atom is 0.236 e. The second-order valence-corrected chi connectivity index (χ2v) is 6.83. The van der Waals surface area contributed by atoms with Crippen LogP contribution < -0.4 is 0 Å². The van der Waals surface area contributed by atoms with Gasteiger partial charge in [0.1, 0.15) is 0 Å². The number of hydrogen-bond donors (Lipinski definition) is 1. The number of likely N-dealkylation sites (tertiary alicyclic amines) is 1.